The number of halogens is 1. The normalized spacial score (nSPS) is 34.5. The molecule has 0 aliphatic heterocycles. The molecule has 0 heterocycles. The van der Waals surface area contributed by atoms with Gasteiger partial charge in [0.25, 0.3) is 0 Å². The Labute approximate surface area is 160 Å². The van der Waals surface area contributed by atoms with Crippen LogP contribution in [0.1, 0.15) is 51.9 Å². The summed E-state index contributed by atoms with van der Waals surface area (Å²) in [7, 11) is 0. The Bertz CT molecular complexity index is 660. The highest BCUT2D eigenvalue weighted by Crippen LogP contribution is 2.55. The zero-order valence-electron chi connectivity index (χ0n) is 15.2. The van der Waals surface area contributed by atoms with Crippen LogP contribution in [-0.2, 0) is 14.3 Å². The van der Waals surface area contributed by atoms with Crippen molar-refractivity contribution in [3.63, 3.8) is 0 Å². The number of nitrogens with one attached hydrogen (secondary N) is 2. The number of rotatable bonds is 4. The number of ether oxygens (including phenoxy) is 1. The van der Waals surface area contributed by atoms with Crippen molar-refractivity contribution in [3.8, 4) is 0 Å². The minimum atomic E-state index is -0.482. The molecule has 5 rings (SSSR count). The Balaban J connectivity index is 0.00000196. The molecule has 2 N–H and O–H groups in total. The maximum Gasteiger partial charge on any atom is 0.339 e. The molecule has 26 heavy (non-hydrogen) atoms. The van der Waals surface area contributed by atoms with Gasteiger partial charge in [-0.3, -0.25) is 4.79 Å². The lowest BCUT2D eigenvalue weighted by molar-refractivity contribution is -0.138. The highest BCUT2D eigenvalue weighted by Gasteiger charge is 2.51. The van der Waals surface area contributed by atoms with E-state index in [0.717, 1.165) is 37.0 Å². The van der Waals surface area contributed by atoms with Crippen molar-refractivity contribution in [2.45, 2.75) is 57.4 Å². The molecule has 0 aromatic carbocycles. The van der Waals surface area contributed by atoms with E-state index in [2.05, 4.69) is 5.32 Å². The van der Waals surface area contributed by atoms with Crippen LogP contribution in [0.2, 0.25) is 0 Å². The molecule has 6 heteroatoms. The molecule has 0 aromatic rings. The summed E-state index contributed by atoms with van der Waals surface area (Å²) in [4.78, 5) is 24.6. The zero-order valence-corrected chi connectivity index (χ0v) is 16.0. The standard InChI is InChI=1S/C20H26N2O3.ClH/c1-2-25-19(24)16-4-3-15(8-17(16)21)18(23)22-20-9-12-5-13(10-20)7-14(6-12)11-20;/h3-4,12-14,21H,2,5-11H2,1H3,(H,22,23);1H. The molecule has 0 radical (unpaired) electrons. The first-order chi connectivity index (χ1) is 12.0. The molecule has 4 bridgehead atoms. The van der Waals surface area contributed by atoms with Gasteiger partial charge >= 0.3 is 5.97 Å². The molecule has 0 spiro atoms. The largest absolute Gasteiger partial charge is 0.462 e. The summed E-state index contributed by atoms with van der Waals surface area (Å²) in [6.45, 7) is 2.03. The van der Waals surface area contributed by atoms with Crippen molar-refractivity contribution >= 4 is 30.0 Å². The van der Waals surface area contributed by atoms with E-state index in [1.165, 1.54) is 19.3 Å². The predicted octanol–water partition coefficient (Wildman–Crippen LogP) is 3.33. The molecule has 1 amide bonds. The fraction of sp³-hybridized carbons (Fsp3) is 0.650. The van der Waals surface area contributed by atoms with Crippen molar-refractivity contribution in [3.05, 3.63) is 23.3 Å². The molecular formula is C20H27ClN2O3. The van der Waals surface area contributed by atoms with Crippen LogP contribution < -0.4 is 5.32 Å². The molecule has 0 unspecified atom stereocenters. The minimum absolute atomic E-state index is 0. The number of esters is 1. The molecule has 4 fully saturated rings. The van der Waals surface area contributed by atoms with Gasteiger partial charge in [-0.25, -0.2) is 4.79 Å². The van der Waals surface area contributed by atoms with E-state index in [1.807, 2.05) is 0 Å². The van der Waals surface area contributed by atoms with E-state index >= 15 is 0 Å². The number of hydrogen-bond acceptors (Lipinski definition) is 4. The Morgan fingerprint density at radius 1 is 1.15 bits per heavy atom. The lowest BCUT2D eigenvalue weighted by Gasteiger charge is -2.57. The fourth-order valence-corrected chi connectivity index (χ4v) is 5.77. The lowest BCUT2D eigenvalue weighted by atomic mass is 9.53. The second-order valence-electron chi connectivity index (χ2n) is 8.30. The van der Waals surface area contributed by atoms with Crippen LogP contribution in [0.5, 0.6) is 0 Å². The van der Waals surface area contributed by atoms with Gasteiger partial charge in [-0.15, -0.1) is 12.4 Å². The van der Waals surface area contributed by atoms with Crippen LogP contribution in [0.25, 0.3) is 0 Å². The lowest BCUT2D eigenvalue weighted by Crippen LogP contribution is -2.60. The van der Waals surface area contributed by atoms with Gasteiger partial charge in [-0.05, 0) is 69.3 Å². The van der Waals surface area contributed by atoms with E-state index in [1.54, 1.807) is 19.1 Å². The molecular weight excluding hydrogens is 352 g/mol. The van der Waals surface area contributed by atoms with Gasteiger partial charge in [-0.1, -0.05) is 6.08 Å². The molecule has 5 nitrogen and oxygen atoms in total. The smallest absolute Gasteiger partial charge is 0.339 e. The van der Waals surface area contributed by atoms with Crippen molar-refractivity contribution in [1.82, 2.24) is 5.32 Å². The van der Waals surface area contributed by atoms with Gasteiger partial charge in [0, 0.05) is 17.5 Å². The van der Waals surface area contributed by atoms with Gasteiger partial charge in [0.15, 0.2) is 0 Å². The Hall–Kier alpha value is -1.62. The van der Waals surface area contributed by atoms with Crippen molar-refractivity contribution in [2.75, 3.05) is 6.61 Å². The van der Waals surface area contributed by atoms with Crippen molar-refractivity contribution in [2.24, 2.45) is 17.8 Å². The maximum absolute atomic E-state index is 12.8. The number of hydrogen-bond donors (Lipinski definition) is 2. The molecule has 5 aliphatic carbocycles. The number of carbonyl (C=O) groups is 2. The summed E-state index contributed by atoms with van der Waals surface area (Å²) in [6.07, 6.45) is 10.8. The second-order valence-corrected chi connectivity index (χ2v) is 8.30. The Morgan fingerprint density at radius 2 is 1.73 bits per heavy atom. The van der Waals surface area contributed by atoms with Gasteiger partial charge in [0.2, 0.25) is 5.91 Å². The van der Waals surface area contributed by atoms with Crippen molar-refractivity contribution < 1.29 is 14.3 Å². The number of amides is 1. The van der Waals surface area contributed by atoms with Crippen LogP contribution in [0.3, 0.4) is 0 Å². The summed E-state index contributed by atoms with van der Waals surface area (Å²) < 4.78 is 4.96. The van der Waals surface area contributed by atoms with E-state index in [9.17, 15) is 9.59 Å². The number of carbonyl (C=O) groups excluding carboxylic acids is 2. The summed E-state index contributed by atoms with van der Waals surface area (Å²) in [6, 6.07) is 0. The zero-order chi connectivity index (χ0) is 17.6. The minimum Gasteiger partial charge on any atom is -0.462 e. The van der Waals surface area contributed by atoms with Gasteiger partial charge in [-0.2, -0.15) is 0 Å². The average molecular weight is 379 g/mol. The van der Waals surface area contributed by atoms with Crippen LogP contribution in [-0.4, -0.2) is 29.7 Å². The first-order valence-electron chi connectivity index (χ1n) is 9.46. The van der Waals surface area contributed by atoms with E-state index in [4.69, 9.17) is 10.1 Å². The molecule has 4 saturated carbocycles. The van der Waals surface area contributed by atoms with Gasteiger partial charge in [0.1, 0.15) is 0 Å². The molecule has 142 valence electrons. The third-order valence-corrected chi connectivity index (χ3v) is 6.35. The predicted molar refractivity (Wildman–Crippen MR) is 101 cm³/mol. The van der Waals surface area contributed by atoms with Crippen LogP contribution in [0, 0.1) is 23.2 Å². The molecule has 0 aromatic heterocycles. The monoisotopic (exact) mass is 378 g/mol. The Morgan fingerprint density at radius 3 is 2.23 bits per heavy atom. The summed E-state index contributed by atoms with van der Waals surface area (Å²) >= 11 is 0. The topological polar surface area (TPSA) is 79.2 Å². The van der Waals surface area contributed by atoms with E-state index in [0.29, 0.717) is 5.57 Å². The average Bonchev–Trinajstić information content (AvgIpc) is 2.53. The van der Waals surface area contributed by atoms with Crippen molar-refractivity contribution in [1.29, 1.82) is 5.41 Å². The summed E-state index contributed by atoms with van der Waals surface area (Å²) in [5.74, 6) is 1.79. The van der Waals surface area contributed by atoms with E-state index in [-0.39, 0.29) is 48.2 Å². The second kappa shape index (κ2) is 7.18. The summed E-state index contributed by atoms with van der Waals surface area (Å²) in [5, 5.41) is 11.4. The Kier molecular flexibility index (Phi) is 5.29. The van der Waals surface area contributed by atoms with Gasteiger partial charge < -0.3 is 15.5 Å². The maximum atomic E-state index is 12.8. The summed E-state index contributed by atoms with van der Waals surface area (Å²) in [5.41, 5.74) is 0.971. The molecule has 5 aliphatic rings. The van der Waals surface area contributed by atoms with Crippen LogP contribution >= 0.6 is 12.4 Å². The third kappa shape index (κ3) is 3.46. The van der Waals surface area contributed by atoms with Gasteiger partial charge in [0.05, 0.1) is 17.9 Å². The third-order valence-electron chi connectivity index (χ3n) is 6.35. The number of allylic oxidation sites excluding steroid dienone is 2. The van der Waals surface area contributed by atoms with Crippen LogP contribution in [0.15, 0.2) is 23.3 Å². The van der Waals surface area contributed by atoms with E-state index < -0.39 is 5.97 Å². The SMILES string of the molecule is CCOC(=O)C1=CC=C(C(=O)NC23CC4CC(CC(C4)C2)C3)CC1=N.Cl. The van der Waals surface area contributed by atoms with Crippen LogP contribution in [0.4, 0.5) is 0 Å². The first kappa shape index (κ1) is 19.2. The highest BCUT2D eigenvalue weighted by atomic mass is 35.5. The molecule has 0 saturated heterocycles. The highest BCUT2D eigenvalue weighted by molar-refractivity contribution is 6.22. The molecule has 0 atom stereocenters. The first-order valence-corrected chi connectivity index (χ1v) is 9.46. The fourth-order valence-electron chi connectivity index (χ4n) is 5.77. The quantitative estimate of drug-likeness (QED) is 0.736.